The number of rotatable bonds is 8. The Labute approximate surface area is 158 Å². The van der Waals surface area contributed by atoms with Crippen molar-refractivity contribution in [1.29, 1.82) is 0 Å². The fourth-order valence-corrected chi connectivity index (χ4v) is 4.30. The molecular formula is C20H30N2O3S. The highest BCUT2D eigenvalue weighted by atomic mass is 32.2. The van der Waals surface area contributed by atoms with Gasteiger partial charge < -0.3 is 9.64 Å². The molecule has 1 aliphatic heterocycles. The van der Waals surface area contributed by atoms with Gasteiger partial charge in [0.05, 0.1) is 12.9 Å². The Bertz CT molecular complexity index is 697. The molecule has 26 heavy (non-hydrogen) atoms. The Hall–Kier alpha value is -1.71. The Morgan fingerprint density at radius 1 is 1.00 bits per heavy atom. The van der Waals surface area contributed by atoms with Crippen LogP contribution in [0.25, 0.3) is 0 Å². The maximum absolute atomic E-state index is 12.5. The number of nitrogens with zero attached hydrogens (tertiary/aromatic N) is 2. The van der Waals surface area contributed by atoms with Crippen LogP contribution in [0, 0.1) is 11.8 Å². The van der Waals surface area contributed by atoms with E-state index in [1.807, 2.05) is 24.3 Å². The van der Waals surface area contributed by atoms with Gasteiger partial charge in [0.2, 0.25) is 10.0 Å². The van der Waals surface area contributed by atoms with Crippen molar-refractivity contribution >= 4 is 15.7 Å². The van der Waals surface area contributed by atoms with Crippen LogP contribution in [0.2, 0.25) is 0 Å². The van der Waals surface area contributed by atoms with Crippen LogP contribution in [0.3, 0.4) is 0 Å². The zero-order valence-corrected chi connectivity index (χ0v) is 16.7. The molecule has 0 saturated carbocycles. The van der Waals surface area contributed by atoms with E-state index in [1.54, 1.807) is 11.4 Å². The fourth-order valence-electron chi connectivity index (χ4n) is 2.97. The minimum absolute atomic E-state index is 0.121. The lowest BCUT2D eigenvalue weighted by molar-refractivity contribution is 0.385. The molecule has 0 aliphatic carbocycles. The molecule has 1 fully saturated rings. The summed E-state index contributed by atoms with van der Waals surface area (Å²) in [6.07, 6.45) is 4.76. The van der Waals surface area contributed by atoms with Crippen molar-refractivity contribution in [2.24, 2.45) is 0 Å². The first-order valence-corrected chi connectivity index (χ1v) is 11.0. The molecule has 1 aliphatic rings. The molecule has 0 radical (unpaired) electrons. The molecule has 2 rings (SSSR count). The average molecular weight is 379 g/mol. The van der Waals surface area contributed by atoms with Gasteiger partial charge in [-0.15, -0.1) is 11.8 Å². The summed E-state index contributed by atoms with van der Waals surface area (Å²) in [7, 11) is -1.57. The van der Waals surface area contributed by atoms with E-state index in [9.17, 15) is 8.42 Å². The van der Waals surface area contributed by atoms with Gasteiger partial charge in [-0.05, 0) is 30.7 Å². The van der Waals surface area contributed by atoms with Gasteiger partial charge in [0.1, 0.15) is 5.75 Å². The molecular weight excluding hydrogens is 348 g/mol. The van der Waals surface area contributed by atoms with E-state index in [1.165, 1.54) is 12.8 Å². The predicted octanol–water partition coefficient (Wildman–Crippen LogP) is 3.12. The summed E-state index contributed by atoms with van der Waals surface area (Å²) in [5.74, 6) is 7.04. The van der Waals surface area contributed by atoms with Gasteiger partial charge in [0.15, 0.2) is 0 Å². The van der Waals surface area contributed by atoms with Gasteiger partial charge in [-0.25, -0.2) is 8.42 Å². The maximum atomic E-state index is 12.5. The quantitative estimate of drug-likeness (QED) is 0.515. The number of methoxy groups -OCH3 is 1. The van der Waals surface area contributed by atoms with Crippen molar-refractivity contribution in [3.8, 4) is 17.6 Å². The van der Waals surface area contributed by atoms with E-state index in [2.05, 4.69) is 23.7 Å². The van der Waals surface area contributed by atoms with Crippen molar-refractivity contribution < 1.29 is 13.2 Å². The van der Waals surface area contributed by atoms with E-state index in [4.69, 9.17) is 4.74 Å². The first-order chi connectivity index (χ1) is 12.6. The molecule has 0 N–H and O–H groups in total. The molecule has 1 saturated heterocycles. The Balaban J connectivity index is 1.78. The highest BCUT2D eigenvalue weighted by Crippen LogP contribution is 2.21. The van der Waals surface area contributed by atoms with Crippen molar-refractivity contribution in [1.82, 2.24) is 4.31 Å². The summed E-state index contributed by atoms with van der Waals surface area (Å²) < 4.78 is 31.7. The van der Waals surface area contributed by atoms with Gasteiger partial charge >= 0.3 is 0 Å². The Morgan fingerprint density at radius 3 is 2.27 bits per heavy atom. The molecule has 1 aromatic rings. The minimum Gasteiger partial charge on any atom is -0.497 e. The third-order valence-electron chi connectivity index (χ3n) is 4.58. The SMILES string of the molecule is CCCCCC#CCCS(=O)(=O)N1CCN(c2ccc(OC)cc2)CC1. The molecule has 0 amide bonds. The van der Waals surface area contributed by atoms with Gasteiger partial charge in [-0.1, -0.05) is 19.8 Å². The van der Waals surface area contributed by atoms with Crippen LogP contribution in [0.15, 0.2) is 24.3 Å². The summed E-state index contributed by atoms with van der Waals surface area (Å²) in [6, 6.07) is 7.88. The number of hydrogen-bond donors (Lipinski definition) is 0. The van der Waals surface area contributed by atoms with E-state index < -0.39 is 10.0 Å². The smallest absolute Gasteiger partial charge is 0.215 e. The first kappa shape index (κ1) is 20.6. The molecule has 144 valence electrons. The van der Waals surface area contributed by atoms with Crippen LogP contribution in [0.1, 0.15) is 39.0 Å². The number of piperazine rings is 1. The van der Waals surface area contributed by atoms with Crippen molar-refractivity contribution in [3.63, 3.8) is 0 Å². The minimum atomic E-state index is -3.21. The summed E-state index contributed by atoms with van der Waals surface area (Å²) in [5, 5.41) is 0. The zero-order valence-electron chi connectivity index (χ0n) is 15.9. The topological polar surface area (TPSA) is 49.9 Å². The summed E-state index contributed by atoms with van der Waals surface area (Å²) in [4.78, 5) is 2.21. The van der Waals surface area contributed by atoms with Gasteiger partial charge in [-0.3, -0.25) is 0 Å². The number of unbranched alkanes of at least 4 members (excludes halogenated alkanes) is 3. The first-order valence-electron chi connectivity index (χ1n) is 9.39. The van der Waals surface area contributed by atoms with Crippen LogP contribution < -0.4 is 9.64 Å². The molecule has 0 atom stereocenters. The largest absolute Gasteiger partial charge is 0.497 e. The monoisotopic (exact) mass is 378 g/mol. The lowest BCUT2D eigenvalue weighted by Gasteiger charge is -2.35. The summed E-state index contributed by atoms with van der Waals surface area (Å²) in [6.45, 7) is 4.62. The molecule has 0 unspecified atom stereocenters. The van der Waals surface area contributed by atoms with E-state index in [0.29, 0.717) is 32.6 Å². The van der Waals surface area contributed by atoms with Crippen LogP contribution in [-0.2, 0) is 10.0 Å². The molecule has 1 aromatic carbocycles. The van der Waals surface area contributed by atoms with Gasteiger partial charge in [0, 0.05) is 44.7 Å². The molecule has 5 nitrogen and oxygen atoms in total. The van der Waals surface area contributed by atoms with E-state index in [-0.39, 0.29) is 5.75 Å². The lowest BCUT2D eigenvalue weighted by Crippen LogP contribution is -2.49. The predicted molar refractivity (Wildman–Crippen MR) is 107 cm³/mol. The number of anilines is 1. The van der Waals surface area contributed by atoms with Crippen molar-refractivity contribution in [3.05, 3.63) is 24.3 Å². The summed E-state index contributed by atoms with van der Waals surface area (Å²) >= 11 is 0. The van der Waals surface area contributed by atoms with Crippen LogP contribution in [0.4, 0.5) is 5.69 Å². The number of hydrogen-bond acceptors (Lipinski definition) is 4. The van der Waals surface area contributed by atoms with Crippen molar-refractivity contribution in [2.75, 3.05) is 43.9 Å². The van der Waals surface area contributed by atoms with Crippen LogP contribution >= 0.6 is 0 Å². The van der Waals surface area contributed by atoms with Gasteiger partial charge in [0.25, 0.3) is 0 Å². The van der Waals surface area contributed by atoms with E-state index >= 15 is 0 Å². The standard InChI is InChI=1S/C20H30N2O3S/c1-3-4-5-6-7-8-9-18-26(23,24)22-16-14-21(15-17-22)19-10-12-20(25-2)13-11-19/h10-13H,3-6,9,14-18H2,1-2H3. The maximum Gasteiger partial charge on any atom is 0.215 e. The Morgan fingerprint density at radius 2 is 1.65 bits per heavy atom. The number of benzene rings is 1. The molecule has 0 spiro atoms. The highest BCUT2D eigenvalue weighted by Gasteiger charge is 2.26. The highest BCUT2D eigenvalue weighted by molar-refractivity contribution is 7.89. The second-order valence-corrected chi connectivity index (χ2v) is 8.55. The van der Waals surface area contributed by atoms with E-state index in [0.717, 1.165) is 24.3 Å². The fraction of sp³-hybridized carbons (Fsp3) is 0.600. The second-order valence-electron chi connectivity index (χ2n) is 6.46. The lowest BCUT2D eigenvalue weighted by atomic mass is 10.2. The number of sulfonamides is 1. The second kappa shape index (κ2) is 10.4. The molecule has 1 heterocycles. The number of ether oxygens (including phenoxy) is 1. The molecule has 0 bridgehead atoms. The molecule has 0 aromatic heterocycles. The summed E-state index contributed by atoms with van der Waals surface area (Å²) in [5.41, 5.74) is 1.10. The third-order valence-corrected chi connectivity index (χ3v) is 6.46. The average Bonchev–Trinajstić information content (AvgIpc) is 2.67. The van der Waals surface area contributed by atoms with Crippen molar-refractivity contribution in [2.45, 2.75) is 39.0 Å². The zero-order chi connectivity index (χ0) is 18.8. The van der Waals surface area contributed by atoms with Crippen LogP contribution in [-0.4, -0.2) is 51.8 Å². The Kier molecular flexibility index (Phi) is 8.27. The molecule has 6 heteroatoms. The third kappa shape index (κ3) is 6.22. The normalized spacial score (nSPS) is 15.4. The van der Waals surface area contributed by atoms with Gasteiger partial charge in [-0.2, -0.15) is 4.31 Å². The van der Waals surface area contributed by atoms with Crippen LogP contribution in [0.5, 0.6) is 5.75 Å².